The fourth-order valence-corrected chi connectivity index (χ4v) is 1.20. The minimum Gasteiger partial charge on any atom is -0.516 e. The molecule has 0 saturated heterocycles. The fourth-order valence-electron chi connectivity index (χ4n) is 0.829. The lowest BCUT2D eigenvalue weighted by Gasteiger charge is -2.03. The van der Waals surface area contributed by atoms with E-state index in [2.05, 4.69) is 10.8 Å². The van der Waals surface area contributed by atoms with Crippen LogP contribution < -0.4 is 4.18 Å². The highest BCUT2D eigenvalue weighted by Crippen LogP contribution is 2.18. The molecule has 0 aliphatic rings. The van der Waals surface area contributed by atoms with E-state index >= 15 is 0 Å². The second kappa shape index (κ2) is 6.51. The number of benzene rings is 1. The molecule has 8 heteroatoms. The van der Waals surface area contributed by atoms with Gasteiger partial charge in [-0.25, -0.2) is 4.79 Å². The van der Waals surface area contributed by atoms with Crippen molar-refractivity contribution in [3.63, 3.8) is 0 Å². The lowest BCUT2D eigenvalue weighted by Crippen LogP contribution is -2.10. The van der Waals surface area contributed by atoms with Gasteiger partial charge in [-0.3, -0.25) is 4.55 Å². The van der Waals surface area contributed by atoms with E-state index < -0.39 is 22.1 Å². The molecule has 0 heterocycles. The fraction of sp³-hybridized carbons (Fsp3) is 0. The van der Waals surface area contributed by atoms with Crippen LogP contribution in [0.4, 0.5) is 0 Å². The van der Waals surface area contributed by atoms with Gasteiger partial charge >= 0.3 is 16.4 Å². The molecule has 3 N–H and O–H groups in total. The predicted molar refractivity (Wildman–Crippen MR) is 58.4 cm³/mol. The van der Waals surface area contributed by atoms with Crippen LogP contribution in [0.5, 0.6) is 5.75 Å². The van der Waals surface area contributed by atoms with E-state index in [0.29, 0.717) is 0 Å². The average Bonchev–Trinajstić information content (AvgIpc) is 2.16. The van der Waals surface area contributed by atoms with Crippen LogP contribution in [0.3, 0.4) is 0 Å². The number of rotatable bonds is 3. The van der Waals surface area contributed by atoms with Crippen LogP contribution in [0.2, 0.25) is 0 Å². The molecule has 0 fully saturated rings. The van der Waals surface area contributed by atoms with Crippen LogP contribution in [-0.2, 0) is 10.4 Å². The van der Waals surface area contributed by atoms with Crippen molar-refractivity contribution >= 4 is 16.4 Å². The number of carbonyl (C=O) groups is 1. The van der Waals surface area contributed by atoms with Gasteiger partial charge in [0.2, 0.25) is 0 Å². The van der Waals surface area contributed by atoms with Crippen molar-refractivity contribution in [1.82, 2.24) is 0 Å². The van der Waals surface area contributed by atoms with Gasteiger partial charge in [-0.05, 0) is 12.1 Å². The highest BCUT2D eigenvalue weighted by Gasteiger charge is 2.15. The monoisotopic (exact) mass is 262 g/mol. The lowest BCUT2D eigenvalue weighted by molar-refractivity contribution is 0.0695. The topological polar surface area (TPSA) is 121 Å². The van der Waals surface area contributed by atoms with Crippen LogP contribution in [0.15, 0.2) is 37.1 Å². The van der Waals surface area contributed by atoms with Gasteiger partial charge in [0.25, 0.3) is 0 Å². The third-order valence-corrected chi connectivity index (χ3v) is 1.70. The summed E-state index contributed by atoms with van der Waals surface area (Å²) in [6.45, 7) is 2.92. The van der Waals surface area contributed by atoms with E-state index in [1.54, 1.807) is 0 Å². The van der Waals surface area contributed by atoms with E-state index in [4.69, 9.17) is 14.8 Å². The summed E-state index contributed by atoms with van der Waals surface area (Å²) in [6, 6.07) is 5.06. The Hall–Kier alpha value is -2.06. The highest BCUT2D eigenvalue weighted by atomic mass is 32.3. The summed E-state index contributed by atoms with van der Waals surface area (Å²) in [5.41, 5.74) is -0.342. The number of aliphatic hydroxyl groups is 1. The van der Waals surface area contributed by atoms with Crippen molar-refractivity contribution < 1.29 is 32.2 Å². The lowest BCUT2D eigenvalue weighted by atomic mass is 10.2. The number of aromatic carboxylic acids is 1. The van der Waals surface area contributed by atoms with E-state index in [1.807, 2.05) is 0 Å². The Morgan fingerprint density at radius 3 is 2.24 bits per heavy atom. The first kappa shape index (κ1) is 14.9. The average molecular weight is 262 g/mol. The largest absolute Gasteiger partial charge is 0.516 e. The normalized spacial score (nSPS) is 9.71. The van der Waals surface area contributed by atoms with Gasteiger partial charge in [0.05, 0.1) is 6.26 Å². The number of hydrogen-bond donors (Lipinski definition) is 3. The van der Waals surface area contributed by atoms with Gasteiger partial charge in [0.1, 0.15) is 5.56 Å². The third-order valence-electron chi connectivity index (χ3n) is 1.31. The number of para-hydroxylation sites is 1. The molecule has 1 rings (SSSR count). The second-order valence-corrected chi connectivity index (χ2v) is 3.52. The smallest absolute Gasteiger partial charge is 0.446 e. The van der Waals surface area contributed by atoms with Crippen molar-refractivity contribution in [3.05, 3.63) is 42.7 Å². The molecule has 1 aromatic rings. The molecule has 0 saturated carbocycles. The van der Waals surface area contributed by atoms with Gasteiger partial charge in [-0.1, -0.05) is 18.7 Å². The molecule has 0 aliphatic heterocycles. The summed E-state index contributed by atoms with van der Waals surface area (Å²) in [4.78, 5) is 10.6. The van der Waals surface area contributed by atoms with Gasteiger partial charge in [-0.2, -0.15) is 8.42 Å². The number of hydrogen-bond acceptors (Lipinski definition) is 5. The second-order valence-electron chi connectivity index (χ2n) is 2.49. The third kappa shape index (κ3) is 6.17. The maximum atomic E-state index is 10.6. The molecule has 0 bridgehead atoms. The van der Waals surface area contributed by atoms with Crippen molar-refractivity contribution in [1.29, 1.82) is 0 Å². The standard InChI is InChI=1S/C7H6O6S.C2H4O/c8-7(9)5-3-1-2-4-6(5)13-14(10,11)12;1-2-3/h1-4H,(H,8,9)(H,10,11,12);2-3H,1H2. The highest BCUT2D eigenvalue weighted by molar-refractivity contribution is 7.81. The van der Waals surface area contributed by atoms with Gasteiger partial charge in [-0.15, -0.1) is 0 Å². The van der Waals surface area contributed by atoms with E-state index in [1.165, 1.54) is 12.1 Å². The maximum absolute atomic E-state index is 10.6. The molecule has 94 valence electrons. The van der Waals surface area contributed by atoms with Crippen LogP contribution >= 0.6 is 0 Å². The molecule has 0 unspecified atom stereocenters. The van der Waals surface area contributed by atoms with Crippen LogP contribution in [-0.4, -0.2) is 29.2 Å². The molecule has 1 aromatic carbocycles. The van der Waals surface area contributed by atoms with Crippen LogP contribution in [0, 0.1) is 0 Å². The molecule has 0 spiro atoms. The Balaban J connectivity index is 0.000000770. The van der Waals surface area contributed by atoms with Crippen LogP contribution in [0.1, 0.15) is 10.4 Å². The number of aliphatic hydroxyl groups excluding tert-OH is 1. The quantitative estimate of drug-likeness (QED) is 0.553. The summed E-state index contributed by atoms with van der Waals surface area (Å²) in [6.07, 6.45) is 0.750. The Kier molecular flexibility index (Phi) is 5.72. The summed E-state index contributed by atoms with van der Waals surface area (Å²) in [7, 11) is -4.70. The minimum absolute atomic E-state index is 0.342. The first-order valence-corrected chi connectivity index (χ1v) is 5.42. The van der Waals surface area contributed by atoms with Crippen molar-refractivity contribution in [2.45, 2.75) is 0 Å². The first-order valence-electron chi connectivity index (χ1n) is 4.06. The summed E-state index contributed by atoms with van der Waals surface area (Å²) in [5, 5.41) is 15.9. The Bertz CT molecular complexity index is 492. The van der Waals surface area contributed by atoms with E-state index in [0.717, 1.165) is 18.4 Å². The first-order chi connectivity index (χ1) is 7.81. The molecule has 0 amide bonds. The Labute approximate surface area is 97.5 Å². The molecule has 0 atom stereocenters. The molecular weight excluding hydrogens is 252 g/mol. The molecular formula is C9H10O7S. The zero-order valence-electron chi connectivity index (χ0n) is 8.48. The predicted octanol–water partition coefficient (Wildman–Crippen LogP) is 1.25. The Morgan fingerprint density at radius 2 is 1.82 bits per heavy atom. The van der Waals surface area contributed by atoms with Crippen molar-refractivity contribution in [3.8, 4) is 5.75 Å². The summed E-state index contributed by atoms with van der Waals surface area (Å²) in [5.74, 6) is -1.77. The number of carboxylic acid groups (broad SMARTS) is 1. The molecule has 0 aliphatic carbocycles. The van der Waals surface area contributed by atoms with E-state index in [9.17, 15) is 13.2 Å². The van der Waals surface area contributed by atoms with Crippen molar-refractivity contribution in [2.24, 2.45) is 0 Å². The summed E-state index contributed by atoms with van der Waals surface area (Å²) < 4.78 is 33.0. The van der Waals surface area contributed by atoms with Crippen LogP contribution in [0.25, 0.3) is 0 Å². The Morgan fingerprint density at radius 1 is 1.35 bits per heavy atom. The molecule has 0 radical (unpaired) electrons. The maximum Gasteiger partial charge on any atom is 0.446 e. The minimum atomic E-state index is -4.70. The molecule has 7 nitrogen and oxygen atoms in total. The SMILES string of the molecule is C=CO.O=C(O)c1ccccc1OS(=O)(=O)O. The van der Waals surface area contributed by atoms with Crippen molar-refractivity contribution in [2.75, 3.05) is 0 Å². The van der Waals surface area contributed by atoms with Gasteiger partial charge in [0.15, 0.2) is 5.75 Å². The molecule has 0 aromatic heterocycles. The molecule has 17 heavy (non-hydrogen) atoms. The zero-order valence-corrected chi connectivity index (χ0v) is 9.29. The van der Waals surface area contributed by atoms with Gasteiger partial charge < -0.3 is 14.4 Å². The summed E-state index contributed by atoms with van der Waals surface area (Å²) >= 11 is 0. The van der Waals surface area contributed by atoms with E-state index in [-0.39, 0.29) is 5.56 Å². The van der Waals surface area contributed by atoms with Gasteiger partial charge in [0, 0.05) is 0 Å². The zero-order chi connectivity index (χ0) is 13.5. The number of carboxylic acids is 1.